The van der Waals surface area contributed by atoms with Gasteiger partial charge in [0.05, 0.1) is 10.5 Å². The largest absolute Gasteiger partial charge is 0.389 e. The third kappa shape index (κ3) is 2.84. The van der Waals surface area contributed by atoms with Gasteiger partial charge in [-0.05, 0) is 30.9 Å². The van der Waals surface area contributed by atoms with Crippen LogP contribution >= 0.6 is 12.2 Å². The lowest BCUT2D eigenvalue weighted by molar-refractivity contribution is 0.263. The molecule has 2 rings (SSSR count). The Kier molecular flexibility index (Phi) is 4.41. The molecule has 4 nitrogen and oxygen atoms in total. The van der Waals surface area contributed by atoms with Crippen molar-refractivity contribution in [3.63, 3.8) is 0 Å². The van der Waals surface area contributed by atoms with Crippen LogP contribution in [0.1, 0.15) is 24.8 Å². The van der Waals surface area contributed by atoms with Crippen molar-refractivity contribution in [3.8, 4) is 0 Å². The van der Waals surface area contributed by atoms with Crippen LogP contribution in [0.15, 0.2) is 23.1 Å². The fraction of sp³-hybridized carbons (Fsp3) is 0.462. The number of nitrogens with zero attached hydrogens (tertiary/aromatic N) is 1. The summed E-state index contributed by atoms with van der Waals surface area (Å²) in [6, 6.07) is 3.84. The first-order chi connectivity index (χ1) is 9.34. The standard InChI is InChI=1S/C13H17FN2O2S2/c1-16(8-9-4-2-5-9)20(17,18)11-7-3-6-10(14)12(11)13(15)19/h3,6-7,9H,2,4-5,8H2,1H3,(H2,15,19). The first-order valence-electron chi connectivity index (χ1n) is 6.38. The Morgan fingerprint density at radius 2 is 2.15 bits per heavy atom. The zero-order valence-corrected chi connectivity index (χ0v) is 12.8. The summed E-state index contributed by atoms with van der Waals surface area (Å²) in [5.74, 6) is -0.327. The molecule has 0 saturated heterocycles. The molecule has 110 valence electrons. The SMILES string of the molecule is CN(CC1CCC1)S(=O)(=O)c1cccc(F)c1C(N)=S. The summed E-state index contributed by atoms with van der Waals surface area (Å²) in [4.78, 5) is -0.412. The van der Waals surface area contributed by atoms with Gasteiger partial charge in [-0.3, -0.25) is 0 Å². The lowest BCUT2D eigenvalue weighted by Gasteiger charge is -2.30. The van der Waals surface area contributed by atoms with E-state index in [9.17, 15) is 12.8 Å². The molecule has 7 heteroatoms. The predicted molar refractivity (Wildman–Crippen MR) is 79.4 cm³/mol. The van der Waals surface area contributed by atoms with E-state index in [2.05, 4.69) is 0 Å². The highest BCUT2D eigenvalue weighted by Gasteiger charge is 2.30. The molecule has 0 spiro atoms. The van der Waals surface area contributed by atoms with Gasteiger partial charge in [-0.2, -0.15) is 0 Å². The molecule has 1 aliphatic rings. The van der Waals surface area contributed by atoms with Crippen molar-refractivity contribution in [2.24, 2.45) is 11.7 Å². The van der Waals surface area contributed by atoms with Crippen LogP contribution in [0.3, 0.4) is 0 Å². The van der Waals surface area contributed by atoms with E-state index in [1.54, 1.807) is 0 Å². The third-order valence-corrected chi connectivity index (χ3v) is 5.72. The molecule has 1 aromatic carbocycles. The van der Waals surface area contributed by atoms with Gasteiger partial charge >= 0.3 is 0 Å². The number of benzene rings is 1. The second kappa shape index (κ2) is 5.75. The van der Waals surface area contributed by atoms with Crippen LogP contribution in [-0.2, 0) is 10.0 Å². The Morgan fingerprint density at radius 1 is 1.50 bits per heavy atom. The predicted octanol–water partition coefficient (Wildman–Crippen LogP) is 1.88. The highest BCUT2D eigenvalue weighted by atomic mass is 32.2. The molecule has 0 unspecified atom stereocenters. The van der Waals surface area contributed by atoms with Gasteiger partial charge in [-0.15, -0.1) is 0 Å². The minimum absolute atomic E-state index is 0.160. The summed E-state index contributed by atoms with van der Waals surface area (Å²) in [6.45, 7) is 0.440. The van der Waals surface area contributed by atoms with Gasteiger partial charge in [0.25, 0.3) is 0 Å². The number of rotatable bonds is 5. The van der Waals surface area contributed by atoms with Crippen molar-refractivity contribution in [2.45, 2.75) is 24.2 Å². The van der Waals surface area contributed by atoms with E-state index in [-0.39, 0.29) is 15.4 Å². The summed E-state index contributed by atoms with van der Waals surface area (Å²) in [6.07, 6.45) is 3.20. The second-order valence-corrected chi connectivity index (χ2v) is 7.51. The number of halogens is 1. The quantitative estimate of drug-likeness (QED) is 0.843. The Hall–Kier alpha value is -1.05. The Morgan fingerprint density at radius 3 is 2.65 bits per heavy atom. The van der Waals surface area contributed by atoms with E-state index in [1.165, 1.54) is 23.5 Å². The second-order valence-electron chi connectivity index (χ2n) is 5.06. The van der Waals surface area contributed by atoms with Crippen LogP contribution in [0.2, 0.25) is 0 Å². The molecule has 2 N–H and O–H groups in total. The van der Waals surface area contributed by atoms with Gasteiger partial charge in [0.1, 0.15) is 10.8 Å². The molecule has 1 aromatic rings. The van der Waals surface area contributed by atoms with Gasteiger partial charge in [-0.25, -0.2) is 17.1 Å². The van der Waals surface area contributed by atoms with E-state index < -0.39 is 15.8 Å². The highest BCUT2D eigenvalue weighted by Crippen LogP contribution is 2.29. The van der Waals surface area contributed by atoms with Crippen LogP contribution in [-0.4, -0.2) is 31.3 Å². The van der Waals surface area contributed by atoms with Crippen LogP contribution in [0, 0.1) is 11.7 Å². The van der Waals surface area contributed by atoms with Crippen molar-refractivity contribution < 1.29 is 12.8 Å². The molecule has 0 heterocycles. The molecule has 0 bridgehead atoms. The van der Waals surface area contributed by atoms with E-state index in [4.69, 9.17) is 18.0 Å². The molecule has 0 amide bonds. The Bertz CT molecular complexity index is 627. The zero-order valence-electron chi connectivity index (χ0n) is 11.2. The molecular weight excluding hydrogens is 299 g/mol. The van der Waals surface area contributed by atoms with E-state index >= 15 is 0 Å². The van der Waals surface area contributed by atoms with Gasteiger partial charge < -0.3 is 5.73 Å². The average molecular weight is 316 g/mol. The smallest absolute Gasteiger partial charge is 0.243 e. The van der Waals surface area contributed by atoms with Gasteiger partial charge in [0.2, 0.25) is 10.0 Å². The first kappa shape index (κ1) is 15.3. The van der Waals surface area contributed by atoms with E-state index in [1.807, 2.05) is 0 Å². The van der Waals surface area contributed by atoms with Crippen LogP contribution in [0.4, 0.5) is 4.39 Å². The van der Waals surface area contributed by atoms with Crippen molar-refractivity contribution in [1.82, 2.24) is 4.31 Å². The van der Waals surface area contributed by atoms with Gasteiger partial charge in [0.15, 0.2) is 0 Å². The van der Waals surface area contributed by atoms with Crippen LogP contribution < -0.4 is 5.73 Å². The van der Waals surface area contributed by atoms with Crippen molar-refractivity contribution in [2.75, 3.05) is 13.6 Å². The Balaban J connectivity index is 2.38. The van der Waals surface area contributed by atoms with E-state index in [0.29, 0.717) is 12.5 Å². The zero-order chi connectivity index (χ0) is 14.9. The molecule has 1 saturated carbocycles. The summed E-state index contributed by atoms with van der Waals surface area (Å²) in [5, 5.41) is 0. The molecular formula is C13H17FN2O2S2. The monoisotopic (exact) mass is 316 g/mol. The number of sulfonamides is 1. The first-order valence-corrected chi connectivity index (χ1v) is 8.23. The molecule has 20 heavy (non-hydrogen) atoms. The third-order valence-electron chi connectivity index (χ3n) is 3.65. The lowest BCUT2D eigenvalue weighted by atomic mass is 9.86. The highest BCUT2D eigenvalue weighted by molar-refractivity contribution is 7.89. The number of thiocarbonyl (C=S) groups is 1. The van der Waals surface area contributed by atoms with E-state index in [0.717, 1.165) is 25.3 Å². The molecule has 0 aliphatic heterocycles. The molecule has 0 radical (unpaired) electrons. The van der Waals surface area contributed by atoms with Crippen LogP contribution in [0.25, 0.3) is 0 Å². The molecule has 1 fully saturated rings. The van der Waals surface area contributed by atoms with Crippen molar-refractivity contribution in [3.05, 3.63) is 29.6 Å². The van der Waals surface area contributed by atoms with Crippen molar-refractivity contribution >= 4 is 27.2 Å². The van der Waals surface area contributed by atoms with Gasteiger partial charge in [-0.1, -0.05) is 24.7 Å². The van der Waals surface area contributed by atoms with Crippen LogP contribution in [0.5, 0.6) is 0 Å². The lowest BCUT2D eigenvalue weighted by Crippen LogP contribution is -2.35. The maximum atomic E-state index is 13.8. The normalized spacial score (nSPS) is 16.1. The summed E-state index contributed by atoms with van der Waals surface area (Å²) < 4.78 is 40.1. The molecule has 0 aromatic heterocycles. The fourth-order valence-electron chi connectivity index (χ4n) is 2.26. The maximum absolute atomic E-state index is 13.8. The summed E-state index contributed by atoms with van der Waals surface area (Å²) >= 11 is 4.77. The number of hydrogen-bond acceptors (Lipinski definition) is 3. The topological polar surface area (TPSA) is 63.4 Å². The average Bonchev–Trinajstić information content (AvgIpc) is 2.32. The van der Waals surface area contributed by atoms with Crippen molar-refractivity contribution in [1.29, 1.82) is 0 Å². The fourth-order valence-corrected chi connectivity index (χ4v) is 3.99. The Labute approximate surface area is 123 Å². The summed E-state index contributed by atoms with van der Waals surface area (Å²) in [5.41, 5.74) is 5.25. The summed E-state index contributed by atoms with van der Waals surface area (Å²) in [7, 11) is -2.28. The number of nitrogens with two attached hydrogens (primary N) is 1. The maximum Gasteiger partial charge on any atom is 0.243 e. The van der Waals surface area contributed by atoms with Gasteiger partial charge in [0, 0.05) is 13.6 Å². The minimum atomic E-state index is -3.78. The number of hydrogen-bond donors (Lipinski definition) is 1. The molecule has 0 atom stereocenters. The minimum Gasteiger partial charge on any atom is -0.389 e. The molecule has 1 aliphatic carbocycles.